The first-order valence-corrected chi connectivity index (χ1v) is 8.12. The topological polar surface area (TPSA) is 29.5 Å². The number of hydrogen-bond acceptors (Lipinski definition) is 2. The van der Waals surface area contributed by atoms with Crippen molar-refractivity contribution in [3.05, 3.63) is 69.7 Å². The Hall–Kier alpha value is -1.16. The van der Waals surface area contributed by atoms with Crippen molar-refractivity contribution in [3.63, 3.8) is 0 Å². The lowest BCUT2D eigenvalue weighted by atomic mass is 9.86. The van der Waals surface area contributed by atoms with Gasteiger partial charge in [0.25, 0.3) is 0 Å². The maximum absolute atomic E-state index is 9.84. The second kappa shape index (κ2) is 6.73. The summed E-state index contributed by atoms with van der Waals surface area (Å²) in [4.78, 5) is 0. The van der Waals surface area contributed by atoms with E-state index in [0.29, 0.717) is 0 Å². The summed E-state index contributed by atoms with van der Waals surface area (Å²) in [7, 11) is 0. The van der Waals surface area contributed by atoms with Crippen molar-refractivity contribution in [1.82, 2.24) is 0 Å². The number of rotatable bonds is 4. The molecule has 0 radical (unpaired) electrons. The lowest BCUT2D eigenvalue weighted by Gasteiger charge is -2.31. The Morgan fingerprint density at radius 3 is 2.86 bits per heavy atom. The molecule has 1 heterocycles. The molecule has 1 N–H and O–H groups in total. The van der Waals surface area contributed by atoms with E-state index in [4.69, 9.17) is 4.74 Å². The van der Waals surface area contributed by atoms with Gasteiger partial charge in [0.1, 0.15) is 0 Å². The standard InChI is InChI=1S/C18H19BrO2/c19-16-6-3-4-13(11-16)10-15(12-20)18-17-7-2-1-5-14(17)8-9-21-18/h1-7,11,15,18,20H,8-10,12H2/t15-,18-/m0/s1. The summed E-state index contributed by atoms with van der Waals surface area (Å²) in [6, 6.07) is 16.7. The minimum absolute atomic E-state index is 0.0149. The SMILES string of the molecule is OC[C@H](Cc1cccc(Br)c1)[C@@H]1OCCc2ccccc21. The summed E-state index contributed by atoms with van der Waals surface area (Å²) >= 11 is 3.50. The second-order valence-electron chi connectivity index (χ2n) is 5.52. The Morgan fingerprint density at radius 2 is 2.05 bits per heavy atom. The van der Waals surface area contributed by atoms with Crippen molar-refractivity contribution in [2.75, 3.05) is 13.2 Å². The first kappa shape index (κ1) is 14.8. The van der Waals surface area contributed by atoms with Crippen LogP contribution in [0.2, 0.25) is 0 Å². The van der Waals surface area contributed by atoms with Crippen LogP contribution in [0.15, 0.2) is 53.0 Å². The van der Waals surface area contributed by atoms with Crippen LogP contribution in [0.1, 0.15) is 22.8 Å². The molecule has 3 heteroatoms. The van der Waals surface area contributed by atoms with Crippen LogP contribution in [0.4, 0.5) is 0 Å². The maximum atomic E-state index is 9.84. The van der Waals surface area contributed by atoms with Gasteiger partial charge in [0, 0.05) is 17.0 Å². The highest BCUT2D eigenvalue weighted by molar-refractivity contribution is 9.10. The van der Waals surface area contributed by atoms with Gasteiger partial charge in [-0.2, -0.15) is 0 Å². The zero-order valence-corrected chi connectivity index (χ0v) is 13.4. The summed E-state index contributed by atoms with van der Waals surface area (Å²) in [6.07, 6.45) is 1.76. The molecular formula is C18H19BrO2. The Kier molecular flexibility index (Phi) is 4.73. The second-order valence-corrected chi connectivity index (χ2v) is 6.43. The highest BCUT2D eigenvalue weighted by Gasteiger charge is 2.28. The number of halogens is 1. The fourth-order valence-electron chi connectivity index (χ4n) is 3.05. The lowest BCUT2D eigenvalue weighted by Crippen LogP contribution is -2.27. The van der Waals surface area contributed by atoms with Crippen molar-refractivity contribution < 1.29 is 9.84 Å². The van der Waals surface area contributed by atoms with Gasteiger partial charge in [-0.25, -0.2) is 0 Å². The van der Waals surface area contributed by atoms with E-state index in [0.717, 1.165) is 23.9 Å². The van der Waals surface area contributed by atoms with Gasteiger partial charge in [0.15, 0.2) is 0 Å². The number of ether oxygens (including phenoxy) is 1. The average molecular weight is 347 g/mol. The summed E-state index contributed by atoms with van der Waals surface area (Å²) < 4.78 is 7.06. The fourth-order valence-corrected chi connectivity index (χ4v) is 3.50. The summed E-state index contributed by atoms with van der Waals surface area (Å²) in [5, 5.41) is 9.84. The van der Waals surface area contributed by atoms with Gasteiger partial charge < -0.3 is 9.84 Å². The molecule has 3 rings (SSSR count). The molecule has 0 bridgehead atoms. The minimum Gasteiger partial charge on any atom is -0.396 e. The first-order valence-electron chi connectivity index (χ1n) is 7.32. The third kappa shape index (κ3) is 3.37. The molecule has 110 valence electrons. The van der Waals surface area contributed by atoms with Gasteiger partial charge in [-0.15, -0.1) is 0 Å². The molecule has 1 aliphatic rings. The van der Waals surface area contributed by atoms with Crippen LogP contribution in [0.5, 0.6) is 0 Å². The van der Waals surface area contributed by atoms with Crippen LogP contribution in [0, 0.1) is 5.92 Å². The van der Waals surface area contributed by atoms with Gasteiger partial charge >= 0.3 is 0 Å². The van der Waals surface area contributed by atoms with Crippen LogP contribution < -0.4 is 0 Å². The zero-order chi connectivity index (χ0) is 14.7. The van der Waals surface area contributed by atoms with Crippen LogP contribution in [-0.2, 0) is 17.6 Å². The Bertz CT molecular complexity index is 612. The predicted octanol–water partition coefficient (Wildman–Crippen LogP) is 3.91. The molecular weight excluding hydrogens is 328 g/mol. The molecule has 0 aromatic heterocycles. The average Bonchev–Trinajstić information content (AvgIpc) is 2.52. The van der Waals surface area contributed by atoms with E-state index in [1.165, 1.54) is 16.7 Å². The largest absolute Gasteiger partial charge is 0.396 e. The molecule has 2 aromatic carbocycles. The van der Waals surface area contributed by atoms with Gasteiger partial charge in [0.05, 0.1) is 12.7 Å². The summed E-state index contributed by atoms with van der Waals surface area (Å²) in [6.45, 7) is 0.863. The van der Waals surface area contributed by atoms with E-state index in [1.54, 1.807) is 0 Å². The Labute approximate surface area is 133 Å². The molecule has 21 heavy (non-hydrogen) atoms. The molecule has 0 spiro atoms. The normalized spacial score (nSPS) is 19.0. The van der Waals surface area contributed by atoms with Crippen LogP contribution in [-0.4, -0.2) is 18.3 Å². The number of hydrogen-bond donors (Lipinski definition) is 1. The number of fused-ring (bicyclic) bond motifs is 1. The van der Waals surface area contributed by atoms with Crippen molar-refractivity contribution in [2.24, 2.45) is 5.92 Å². The van der Waals surface area contributed by atoms with E-state index in [1.807, 2.05) is 18.2 Å². The third-order valence-electron chi connectivity index (χ3n) is 4.08. The van der Waals surface area contributed by atoms with Gasteiger partial charge in [-0.3, -0.25) is 0 Å². The van der Waals surface area contributed by atoms with Crippen molar-refractivity contribution in [2.45, 2.75) is 18.9 Å². The molecule has 2 aromatic rings. The maximum Gasteiger partial charge on any atom is 0.0880 e. The number of benzene rings is 2. The van der Waals surface area contributed by atoms with Crippen molar-refractivity contribution >= 4 is 15.9 Å². The summed E-state index contributed by atoms with van der Waals surface area (Å²) in [5.74, 6) is 0.0840. The van der Waals surface area contributed by atoms with Crippen LogP contribution in [0.3, 0.4) is 0 Å². The monoisotopic (exact) mass is 346 g/mol. The molecule has 1 aliphatic heterocycles. The number of aliphatic hydroxyl groups is 1. The number of aliphatic hydroxyl groups excluding tert-OH is 1. The molecule has 0 aliphatic carbocycles. The smallest absolute Gasteiger partial charge is 0.0880 e. The highest BCUT2D eigenvalue weighted by atomic mass is 79.9. The quantitative estimate of drug-likeness (QED) is 0.909. The van der Waals surface area contributed by atoms with E-state index >= 15 is 0 Å². The van der Waals surface area contributed by atoms with E-state index in [9.17, 15) is 5.11 Å². The van der Waals surface area contributed by atoms with Crippen LogP contribution in [0.25, 0.3) is 0 Å². The molecule has 0 saturated heterocycles. The Balaban J connectivity index is 1.84. The highest BCUT2D eigenvalue weighted by Crippen LogP contribution is 2.34. The summed E-state index contributed by atoms with van der Waals surface area (Å²) in [5.41, 5.74) is 3.80. The molecule has 0 unspecified atom stereocenters. The first-order chi connectivity index (χ1) is 10.3. The fraction of sp³-hybridized carbons (Fsp3) is 0.333. The lowest BCUT2D eigenvalue weighted by molar-refractivity contribution is -0.0165. The van der Waals surface area contributed by atoms with Crippen molar-refractivity contribution in [1.29, 1.82) is 0 Å². The molecule has 0 saturated carbocycles. The predicted molar refractivity (Wildman–Crippen MR) is 87.3 cm³/mol. The van der Waals surface area contributed by atoms with Gasteiger partial charge in [-0.1, -0.05) is 52.3 Å². The van der Waals surface area contributed by atoms with E-state index in [-0.39, 0.29) is 18.6 Å². The Morgan fingerprint density at radius 1 is 1.19 bits per heavy atom. The zero-order valence-electron chi connectivity index (χ0n) is 11.8. The van der Waals surface area contributed by atoms with Gasteiger partial charge in [-0.05, 0) is 41.7 Å². The van der Waals surface area contributed by atoms with E-state index in [2.05, 4.69) is 46.3 Å². The molecule has 2 nitrogen and oxygen atoms in total. The third-order valence-corrected chi connectivity index (χ3v) is 4.57. The minimum atomic E-state index is -0.0149. The van der Waals surface area contributed by atoms with Gasteiger partial charge in [0.2, 0.25) is 0 Å². The van der Waals surface area contributed by atoms with Crippen molar-refractivity contribution in [3.8, 4) is 0 Å². The van der Waals surface area contributed by atoms with Crippen LogP contribution >= 0.6 is 15.9 Å². The molecule has 0 amide bonds. The molecule has 0 fully saturated rings. The van der Waals surface area contributed by atoms with E-state index < -0.39 is 0 Å². The molecule has 2 atom stereocenters.